The van der Waals surface area contributed by atoms with Crippen molar-refractivity contribution in [2.75, 3.05) is 6.54 Å². The fourth-order valence-electron chi connectivity index (χ4n) is 1.44. The second kappa shape index (κ2) is 5.80. The minimum absolute atomic E-state index is 0.615. The van der Waals surface area contributed by atoms with Crippen molar-refractivity contribution in [1.82, 2.24) is 15.5 Å². The van der Waals surface area contributed by atoms with Crippen molar-refractivity contribution in [3.05, 3.63) is 46.6 Å². The predicted molar refractivity (Wildman–Crippen MR) is 65.9 cm³/mol. The molecule has 1 N–H and O–H groups in total. The van der Waals surface area contributed by atoms with Crippen molar-refractivity contribution in [2.24, 2.45) is 0 Å². The van der Waals surface area contributed by atoms with E-state index in [1.54, 1.807) is 0 Å². The largest absolute Gasteiger partial charge is 0.424 e. The summed E-state index contributed by atoms with van der Waals surface area (Å²) in [6, 6.07) is 7.62. The summed E-state index contributed by atoms with van der Waals surface area (Å²) in [5.41, 5.74) is 1.10. The van der Waals surface area contributed by atoms with Crippen molar-refractivity contribution in [2.45, 2.75) is 19.9 Å². The molecule has 0 aliphatic heterocycles. The lowest BCUT2D eigenvalue weighted by Gasteiger charge is -1.97. The average molecular weight is 252 g/mol. The number of hydrogen-bond acceptors (Lipinski definition) is 4. The standard InChI is InChI=1S/C12H14ClN3O/c1-2-14-8-12-16-15-11(17-12)7-9-3-5-10(13)6-4-9/h3-6,14H,2,7-8H2,1H3. The molecule has 90 valence electrons. The van der Waals surface area contributed by atoms with Crippen LogP contribution in [0.3, 0.4) is 0 Å². The Bertz CT molecular complexity index is 467. The number of nitrogens with zero attached hydrogens (tertiary/aromatic N) is 2. The summed E-state index contributed by atoms with van der Waals surface area (Å²) in [6.45, 7) is 3.53. The van der Waals surface area contributed by atoms with Crippen LogP contribution in [0.15, 0.2) is 28.7 Å². The number of rotatable bonds is 5. The van der Waals surface area contributed by atoms with Gasteiger partial charge in [0.05, 0.1) is 13.0 Å². The molecular weight excluding hydrogens is 238 g/mol. The summed E-state index contributed by atoms with van der Waals surface area (Å²) < 4.78 is 5.50. The lowest BCUT2D eigenvalue weighted by Crippen LogP contribution is -2.11. The number of aromatic nitrogens is 2. The Morgan fingerprint density at radius 1 is 1.18 bits per heavy atom. The van der Waals surface area contributed by atoms with E-state index in [2.05, 4.69) is 15.5 Å². The zero-order valence-electron chi connectivity index (χ0n) is 9.61. The number of halogens is 1. The summed E-state index contributed by atoms with van der Waals surface area (Å²) >= 11 is 5.82. The van der Waals surface area contributed by atoms with Crippen LogP contribution in [0.4, 0.5) is 0 Å². The molecule has 2 rings (SSSR count). The van der Waals surface area contributed by atoms with Gasteiger partial charge in [0.2, 0.25) is 11.8 Å². The van der Waals surface area contributed by atoms with Gasteiger partial charge in [0.25, 0.3) is 0 Å². The first-order valence-electron chi connectivity index (χ1n) is 5.54. The number of nitrogens with one attached hydrogen (secondary N) is 1. The first-order chi connectivity index (χ1) is 8.28. The van der Waals surface area contributed by atoms with E-state index in [9.17, 15) is 0 Å². The molecule has 0 amide bonds. The van der Waals surface area contributed by atoms with Crippen LogP contribution in [-0.2, 0) is 13.0 Å². The number of benzene rings is 1. The lowest BCUT2D eigenvalue weighted by molar-refractivity contribution is 0.441. The maximum absolute atomic E-state index is 5.82. The van der Waals surface area contributed by atoms with Gasteiger partial charge in [0, 0.05) is 5.02 Å². The van der Waals surface area contributed by atoms with Crippen LogP contribution in [0.25, 0.3) is 0 Å². The number of hydrogen-bond donors (Lipinski definition) is 1. The highest BCUT2D eigenvalue weighted by molar-refractivity contribution is 6.30. The van der Waals surface area contributed by atoms with Gasteiger partial charge >= 0.3 is 0 Å². The summed E-state index contributed by atoms with van der Waals surface area (Å²) in [5.74, 6) is 1.25. The van der Waals surface area contributed by atoms with Crippen LogP contribution in [0.5, 0.6) is 0 Å². The molecule has 0 saturated heterocycles. The fraction of sp³-hybridized carbons (Fsp3) is 0.333. The van der Waals surface area contributed by atoms with Crippen molar-refractivity contribution >= 4 is 11.6 Å². The van der Waals surface area contributed by atoms with Gasteiger partial charge < -0.3 is 9.73 Å². The van der Waals surface area contributed by atoms with Gasteiger partial charge in [0.1, 0.15) is 0 Å². The molecule has 0 aliphatic carbocycles. The molecule has 17 heavy (non-hydrogen) atoms. The van der Waals surface area contributed by atoms with Crippen molar-refractivity contribution in [3.8, 4) is 0 Å². The molecule has 0 aliphatic rings. The summed E-state index contributed by atoms with van der Waals surface area (Å²) in [5, 5.41) is 11.8. The van der Waals surface area contributed by atoms with E-state index in [0.717, 1.165) is 17.1 Å². The smallest absolute Gasteiger partial charge is 0.230 e. The molecule has 5 heteroatoms. The Morgan fingerprint density at radius 3 is 2.59 bits per heavy atom. The van der Waals surface area contributed by atoms with Gasteiger partial charge in [0.15, 0.2) is 0 Å². The minimum Gasteiger partial charge on any atom is -0.424 e. The molecule has 1 aromatic carbocycles. The van der Waals surface area contributed by atoms with Crippen molar-refractivity contribution < 1.29 is 4.42 Å². The van der Waals surface area contributed by atoms with Crippen molar-refractivity contribution in [1.29, 1.82) is 0 Å². The van der Waals surface area contributed by atoms with Gasteiger partial charge in [-0.25, -0.2) is 0 Å². The first-order valence-corrected chi connectivity index (χ1v) is 5.92. The molecule has 0 spiro atoms. The quantitative estimate of drug-likeness (QED) is 0.887. The molecule has 0 saturated carbocycles. The van der Waals surface area contributed by atoms with E-state index in [1.165, 1.54) is 0 Å². The van der Waals surface area contributed by atoms with Crippen LogP contribution in [0.1, 0.15) is 24.3 Å². The Morgan fingerprint density at radius 2 is 1.88 bits per heavy atom. The highest BCUT2D eigenvalue weighted by Gasteiger charge is 2.06. The SMILES string of the molecule is CCNCc1nnc(Cc2ccc(Cl)cc2)o1. The van der Waals surface area contributed by atoms with E-state index in [1.807, 2.05) is 31.2 Å². The molecule has 4 nitrogen and oxygen atoms in total. The third kappa shape index (κ3) is 3.54. The maximum atomic E-state index is 5.82. The highest BCUT2D eigenvalue weighted by atomic mass is 35.5. The van der Waals surface area contributed by atoms with Crippen LogP contribution < -0.4 is 5.32 Å². The molecule has 0 atom stereocenters. The Hall–Kier alpha value is -1.39. The van der Waals surface area contributed by atoms with E-state index in [0.29, 0.717) is 24.7 Å². The Balaban J connectivity index is 1.98. The van der Waals surface area contributed by atoms with Crippen LogP contribution >= 0.6 is 11.6 Å². The predicted octanol–water partition coefficient (Wildman–Crippen LogP) is 2.42. The van der Waals surface area contributed by atoms with Gasteiger partial charge in [-0.3, -0.25) is 0 Å². The third-order valence-electron chi connectivity index (χ3n) is 2.30. The normalized spacial score (nSPS) is 10.7. The molecule has 0 bridgehead atoms. The van der Waals surface area contributed by atoms with E-state index in [-0.39, 0.29) is 0 Å². The Labute approximate surface area is 105 Å². The van der Waals surface area contributed by atoms with Crippen molar-refractivity contribution in [3.63, 3.8) is 0 Å². The second-order valence-corrected chi connectivity index (χ2v) is 4.11. The zero-order chi connectivity index (χ0) is 12.1. The minimum atomic E-state index is 0.615. The molecule has 1 heterocycles. The van der Waals surface area contributed by atoms with Gasteiger partial charge in [-0.1, -0.05) is 30.7 Å². The molecule has 0 fully saturated rings. The van der Waals surface area contributed by atoms with Gasteiger partial charge in [-0.15, -0.1) is 10.2 Å². The summed E-state index contributed by atoms with van der Waals surface area (Å²) in [6.07, 6.45) is 0.635. The second-order valence-electron chi connectivity index (χ2n) is 3.67. The van der Waals surface area contributed by atoms with E-state index >= 15 is 0 Å². The maximum Gasteiger partial charge on any atom is 0.230 e. The summed E-state index contributed by atoms with van der Waals surface area (Å²) in [4.78, 5) is 0. The average Bonchev–Trinajstić information content (AvgIpc) is 2.77. The monoisotopic (exact) mass is 251 g/mol. The van der Waals surface area contributed by atoms with E-state index in [4.69, 9.17) is 16.0 Å². The van der Waals surface area contributed by atoms with Crippen LogP contribution in [-0.4, -0.2) is 16.7 Å². The third-order valence-corrected chi connectivity index (χ3v) is 2.56. The molecule has 0 unspecified atom stereocenters. The van der Waals surface area contributed by atoms with Crippen LogP contribution in [0.2, 0.25) is 5.02 Å². The molecule has 0 radical (unpaired) electrons. The fourth-order valence-corrected chi connectivity index (χ4v) is 1.57. The Kier molecular flexibility index (Phi) is 4.12. The van der Waals surface area contributed by atoms with Gasteiger partial charge in [-0.2, -0.15) is 0 Å². The molecule has 2 aromatic rings. The lowest BCUT2D eigenvalue weighted by atomic mass is 10.1. The zero-order valence-corrected chi connectivity index (χ0v) is 10.4. The molecule has 1 aromatic heterocycles. The van der Waals surface area contributed by atoms with E-state index < -0.39 is 0 Å². The highest BCUT2D eigenvalue weighted by Crippen LogP contribution is 2.13. The first kappa shape index (κ1) is 12.1. The van der Waals surface area contributed by atoms with Crippen LogP contribution in [0, 0.1) is 0 Å². The summed E-state index contributed by atoms with van der Waals surface area (Å²) in [7, 11) is 0. The topological polar surface area (TPSA) is 51.0 Å². The molecular formula is C12H14ClN3O. The van der Waals surface area contributed by atoms with Gasteiger partial charge in [-0.05, 0) is 24.2 Å².